The predicted molar refractivity (Wildman–Crippen MR) is 86.9 cm³/mol. The Bertz CT molecular complexity index is 724. The summed E-state index contributed by atoms with van der Waals surface area (Å²) in [5.74, 6) is -0.309. The number of halogens is 3. The third-order valence-electron chi connectivity index (χ3n) is 4.08. The van der Waals surface area contributed by atoms with Crippen molar-refractivity contribution in [3.63, 3.8) is 0 Å². The molecule has 2 rings (SSSR count). The number of alkyl halides is 3. The van der Waals surface area contributed by atoms with Crippen molar-refractivity contribution in [2.75, 3.05) is 0 Å². The third kappa shape index (κ3) is 4.55. The highest BCUT2D eigenvalue weighted by atomic mass is 32.2. The second kappa shape index (κ2) is 7.37. The number of benzene rings is 1. The third-order valence-corrected chi connectivity index (χ3v) is 5.11. The minimum atomic E-state index is -5.67. The van der Waals surface area contributed by atoms with Crippen LogP contribution in [0.3, 0.4) is 0 Å². The molecule has 1 saturated heterocycles. The van der Waals surface area contributed by atoms with Gasteiger partial charge in [0.25, 0.3) is 0 Å². The fourth-order valence-electron chi connectivity index (χ4n) is 2.87. The van der Waals surface area contributed by atoms with E-state index in [9.17, 15) is 21.6 Å². The van der Waals surface area contributed by atoms with Gasteiger partial charge in [-0.15, -0.1) is 0 Å². The van der Waals surface area contributed by atoms with Crippen LogP contribution in [-0.4, -0.2) is 20.0 Å². The van der Waals surface area contributed by atoms with E-state index in [1.165, 1.54) is 6.92 Å². The van der Waals surface area contributed by atoms with Gasteiger partial charge in [0.05, 0.1) is 12.2 Å². The van der Waals surface area contributed by atoms with Crippen LogP contribution in [0.15, 0.2) is 41.7 Å². The van der Waals surface area contributed by atoms with Crippen molar-refractivity contribution in [1.82, 2.24) is 0 Å². The van der Waals surface area contributed by atoms with E-state index in [1.807, 2.05) is 44.2 Å². The van der Waals surface area contributed by atoms with Crippen molar-refractivity contribution in [1.29, 1.82) is 0 Å². The summed E-state index contributed by atoms with van der Waals surface area (Å²) in [4.78, 5) is 0. The molecule has 0 spiro atoms. The highest BCUT2D eigenvalue weighted by Gasteiger charge is 2.49. The second-order valence-electron chi connectivity index (χ2n) is 6.30. The molecule has 0 aliphatic carbocycles. The standard InChI is InChI=1S/C17H21F3O4S/c1-11(2)16-14(12(3)24-25(21,22)17(18,19)20)9-10-15(23-16)13-7-5-4-6-8-13/h4-8,11,15-16H,9-10H2,1-3H3/b14-12-. The molecule has 140 valence electrons. The lowest BCUT2D eigenvalue weighted by atomic mass is 9.88. The molecule has 1 aliphatic heterocycles. The van der Waals surface area contributed by atoms with Crippen molar-refractivity contribution >= 4 is 10.1 Å². The molecule has 1 heterocycles. The molecule has 0 N–H and O–H groups in total. The normalized spacial score (nSPS) is 24.3. The molecule has 8 heteroatoms. The molecule has 0 bridgehead atoms. The summed E-state index contributed by atoms with van der Waals surface area (Å²) in [5, 5.41) is 0. The van der Waals surface area contributed by atoms with Crippen LogP contribution in [0.1, 0.15) is 45.3 Å². The lowest BCUT2D eigenvalue weighted by molar-refractivity contribution is -0.0545. The SMILES string of the molecule is C/C(OS(=O)(=O)C(F)(F)F)=C1\CCC(c2ccccc2)OC1C(C)C. The average molecular weight is 378 g/mol. The molecule has 1 aromatic rings. The lowest BCUT2D eigenvalue weighted by Crippen LogP contribution is -2.32. The number of allylic oxidation sites excluding steroid dienone is 1. The van der Waals surface area contributed by atoms with Crippen LogP contribution >= 0.6 is 0 Å². The smallest absolute Gasteiger partial charge is 0.381 e. The van der Waals surface area contributed by atoms with Crippen LogP contribution in [0.2, 0.25) is 0 Å². The minimum Gasteiger partial charge on any atom is -0.381 e. The van der Waals surface area contributed by atoms with Gasteiger partial charge in [0.1, 0.15) is 5.76 Å². The van der Waals surface area contributed by atoms with E-state index in [0.29, 0.717) is 18.4 Å². The van der Waals surface area contributed by atoms with Crippen molar-refractivity contribution in [3.05, 3.63) is 47.2 Å². The fraction of sp³-hybridized carbons (Fsp3) is 0.529. The zero-order chi connectivity index (χ0) is 18.8. The van der Waals surface area contributed by atoms with E-state index in [0.717, 1.165) is 5.56 Å². The Morgan fingerprint density at radius 2 is 1.84 bits per heavy atom. The van der Waals surface area contributed by atoms with Gasteiger partial charge in [0, 0.05) is 0 Å². The number of hydrogen-bond donors (Lipinski definition) is 0. The quantitative estimate of drug-likeness (QED) is 0.433. The fourth-order valence-corrected chi connectivity index (χ4v) is 3.40. The van der Waals surface area contributed by atoms with Gasteiger partial charge in [-0.25, -0.2) is 0 Å². The first-order chi connectivity index (χ1) is 11.5. The van der Waals surface area contributed by atoms with E-state index in [4.69, 9.17) is 4.74 Å². The van der Waals surface area contributed by atoms with E-state index in [2.05, 4.69) is 4.18 Å². The van der Waals surface area contributed by atoms with Gasteiger partial charge in [0.15, 0.2) is 0 Å². The maximum absolute atomic E-state index is 12.5. The first-order valence-electron chi connectivity index (χ1n) is 7.93. The van der Waals surface area contributed by atoms with Gasteiger partial charge < -0.3 is 8.92 Å². The monoisotopic (exact) mass is 378 g/mol. The Morgan fingerprint density at radius 3 is 2.36 bits per heavy atom. The van der Waals surface area contributed by atoms with Gasteiger partial charge >= 0.3 is 15.6 Å². The number of rotatable bonds is 4. The van der Waals surface area contributed by atoms with E-state index in [1.54, 1.807) is 0 Å². The summed E-state index contributed by atoms with van der Waals surface area (Å²) in [7, 11) is -5.67. The maximum atomic E-state index is 12.5. The van der Waals surface area contributed by atoms with Crippen LogP contribution in [0.5, 0.6) is 0 Å². The molecule has 0 radical (unpaired) electrons. The zero-order valence-electron chi connectivity index (χ0n) is 14.2. The van der Waals surface area contributed by atoms with Crippen LogP contribution in [-0.2, 0) is 19.0 Å². The predicted octanol–water partition coefficient (Wildman–Crippen LogP) is 4.70. The van der Waals surface area contributed by atoms with Gasteiger partial charge in [-0.3, -0.25) is 0 Å². The summed E-state index contributed by atoms with van der Waals surface area (Å²) in [6.07, 6.45) is 0.239. The zero-order valence-corrected chi connectivity index (χ0v) is 15.0. The van der Waals surface area contributed by atoms with Crippen LogP contribution in [0.4, 0.5) is 13.2 Å². The lowest BCUT2D eigenvalue weighted by Gasteiger charge is -2.35. The van der Waals surface area contributed by atoms with E-state index < -0.39 is 21.7 Å². The van der Waals surface area contributed by atoms with E-state index in [-0.39, 0.29) is 17.8 Å². The van der Waals surface area contributed by atoms with Gasteiger partial charge in [-0.05, 0) is 36.8 Å². The molecule has 0 amide bonds. The summed E-state index contributed by atoms with van der Waals surface area (Å²) in [6.45, 7) is 4.97. The van der Waals surface area contributed by atoms with Crippen LogP contribution < -0.4 is 0 Å². The first kappa shape index (κ1) is 19.8. The Balaban J connectivity index is 2.26. The molecule has 4 nitrogen and oxygen atoms in total. The van der Waals surface area contributed by atoms with Gasteiger partial charge in [-0.2, -0.15) is 21.6 Å². The molecule has 0 saturated carbocycles. The Kier molecular flexibility index (Phi) is 5.83. The summed E-state index contributed by atoms with van der Waals surface area (Å²) in [5.41, 5.74) is -4.02. The Morgan fingerprint density at radius 1 is 1.24 bits per heavy atom. The molecule has 0 aromatic heterocycles. The second-order valence-corrected chi connectivity index (χ2v) is 7.84. The average Bonchev–Trinajstić information content (AvgIpc) is 2.53. The molecule has 2 atom stereocenters. The topological polar surface area (TPSA) is 52.6 Å². The molecule has 25 heavy (non-hydrogen) atoms. The maximum Gasteiger partial charge on any atom is 0.534 e. The largest absolute Gasteiger partial charge is 0.534 e. The summed E-state index contributed by atoms with van der Waals surface area (Å²) < 4.78 is 70.5. The molecular formula is C17H21F3O4S. The molecular weight excluding hydrogens is 357 g/mol. The van der Waals surface area contributed by atoms with Crippen molar-refractivity contribution < 1.29 is 30.5 Å². The first-order valence-corrected chi connectivity index (χ1v) is 9.34. The van der Waals surface area contributed by atoms with Gasteiger partial charge in [0.2, 0.25) is 0 Å². The number of ether oxygens (including phenoxy) is 1. The molecule has 1 aromatic carbocycles. The Labute approximate surface area is 145 Å². The summed E-state index contributed by atoms with van der Waals surface area (Å²) >= 11 is 0. The van der Waals surface area contributed by atoms with Gasteiger partial charge in [-0.1, -0.05) is 44.2 Å². The molecule has 1 fully saturated rings. The molecule has 2 unspecified atom stereocenters. The number of hydrogen-bond acceptors (Lipinski definition) is 4. The Hall–Kier alpha value is -1.54. The van der Waals surface area contributed by atoms with Crippen LogP contribution in [0.25, 0.3) is 0 Å². The van der Waals surface area contributed by atoms with E-state index >= 15 is 0 Å². The van der Waals surface area contributed by atoms with Crippen LogP contribution in [0, 0.1) is 5.92 Å². The van der Waals surface area contributed by atoms with Crippen molar-refractivity contribution in [3.8, 4) is 0 Å². The summed E-state index contributed by atoms with van der Waals surface area (Å²) in [6, 6.07) is 9.51. The van der Waals surface area contributed by atoms with Crippen molar-refractivity contribution in [2.24, 2.45) is 5.92 Å². The minimum absolute atomic E-state index is 0.0475. The molecule has 1 aliphatic rings. The highest BCUT2D eigenvalue weighted by Crippen LogP contribution is 2.39. The van der Waals surface area contributed by atoms with Crippen molar-refractivity contribution in [2.45, 2.75) is 51.3 Å². The highest BCUT2D eigenvalue weighted by molar-refractivity contribution is 7.87.